The van der Waals surface area contributed by atoms with Gasteiger partial charge in [0.05, 0.1) is 17.5 Å². The van der Waals surface area contributed by atoms with E-state index in [1.165, 1.54) is 0 Å². The first-order valence-electron chi connectivity index (χ1n) is 7.26. The minimum Gasteiger partial charge on any atom is -0.378 e. The van der Waals surface area contributed by atoms with E-state index in [1.54, 1.807) is 0 Å². The summed E-state index contributed by atoms with van der Waals surface area (Å²) in [6, 6.07) is 12.8. The van der Waals surface area contributed by atoms with E-state index >= 15 is 0 Å². The van der Waals surface area contributed by atoms with Gasteiger partial charge in [0.15, 0.2) is 0 Å². The summed E-state index contributed by atoms with van der Waals surface area (Å²) < 4.78 is 7.48. The van der Waals surface area contributed by atoms with Crippen molar-refractivity contribution in [3.05, 3.63) is 48.3 Å². The van der Waals surface area contributed by atoms with E-state index in [-0.39, 0.29) is 0 Å². The number of para-hydroxylation sites is 1. The number of benzene rings is 1. The molecule has 0 bridgehead atoms. The Hall–Kier alpha value is -1.65. The van der Waals surface area contributed by atoms with Gasteiger partial charge in [-0.3, -0.25) is 0 Å². The molecule has 1 fully saturated rings. The van der Waals surface area contributed by atoms with Crippen LogP contribution in [-0.2, 0) is 11.3 Å². The number of ether oxygens (including phenoxy) is 1. The number of nitrogens with one attached hydrogen (secondary N) is 1. The number of hydrogen-bond acceptors (Lipinski definition) is 3. The maximum Gasteiger partial charge on any atom is 0.0766 e. The number of hydrogen-bond donors (Lipinski definition) is 1. The lowest BCUT2D eigenvalue weighted by Crippen LogP contribution is -2.37. The van der Waals surface area contributed by atoms with Crippen LogP contribution in [0.15, 0.2) is 42.6 Å². The summed E-state index contributed by atoms with van der Waals surface area (Å²) in [5, 5.41) is 8.18. The van der Waals surface area contributed by atoms with Gasteiger partial charge in [-0.2, -0.15) is 5.10 Å². The van der Waals surface area contributed by atoms with Crippen LogP contribution in [0.25, 0.3) is 5.69 Å². The second kappa shape index (κ2) is 6.20. The lowest BCUT2D eigenvalue weighted by molar-refractivity contribution is 0.0130. The van der Waals surface area contributed by atoms with Crippen LogP contribution in [0.2, 0.25) is 0 Å². The Morgan fingerprint density at radius 1 is 1.30 bits per heavy atom. The molecule has 1 N–H and O–H groups in total. The van der Waals surface area contributed by atoms with Crippen LogP contribution in [0.4, 0.5) is 0 Å². The number of nitrogens with zero attached hydrogens (tertiary/aromatic N) is 2. The topological polar surface area (TPSA) is 39.1 Å². The zero-order valence-corrected chi connectivity index (χ0v) is 11.8. The largest absolute Gasteiger partial charge is 0.378 e. The van der Waals surface area contributed by atoms with Crippen LogP contribution in [0.1, 0.15) is 25.5 Å². The van der Waals surface area contributed by atoms with Gasteiger partial charge < -0.3 is 10.1 Å². The molecule has 1 aliphatic rings. The molecule has 0 amide bonds. The fourth-order valence-corrected chi connectivity index (χ4v) is 2.61. The highest BCUT2D eigenvalue weighted by atomic mass is 16.5. The molecule has 106 valence electrons. The molecule has 1 aromatic heterocycles. The van der Waals surface area contributed by atoms with Gasteiger partial charge in [0, 0.05) is 25.4 Å². The number of rotatable bonds is 4. The van der Waals surface area contributed by atoms with Crippen molar-refractivity contribution in [1.29, 1.82) is 0 Å². The number of aromatic nitrogens is 2. The molecule has 4 heteroatoms. The first-order valence-corrected chi connectivity index (χ1v) is 7.26. The van der Waals surface area contributed by atoms with E-state index in [2.05, 4.69) is 35.5 Å². The zero-order valence-electron chi connectivity index (χ0n) is 11.8. The third kappa shape index (κ3) is 3.26. The predicted octanol–water partition coefficient (Wildman–Crippen LogP) is 2.53. The molecular formula is C16H21N3O. The van der Waals surface area contributed by atoms with Gasteiger partial charge in [0.25, 0.3) is 0 Å². The monoisotopic (exact) mass is 271 g/mol. The van der Waals surface area contributed by atoms with Crippen molar-refractivity contribution in [2.75, 3.05) is 6.61 Å². The van der Waals surface area contributed by atoms with Gasteiger partial charge in [-0.1, -0.05) is 18.2 Å². The first kappa shape index (κ1) is 13.3. The van der Waals surface area contributed by atoms with Crippen LogP contribution in [0.5, 0.6) is 0 Å². The standard InChI is InChI=1S/C16H21N3O/c1-13-11-14(8-10-20-13)17-12-15-7-9-19(18-15)16-5-3-2-4-6-16/h2-7,9,13-14,17H,8,10-12H2,1H3. The van der Waals surface area contributed by atoms with Crippen molar-refractivity contribution in [2.45, 2.75) is 38.5 Å². The van der Waals surface area contributed by atoms with Crippen molar-refractivity contribution in [2.24, 2.45) is 0 Å². The van der Waals surface area contributed by atoms with Crippen molar-refractivity contribution in [1.82, 2.24) is 15.1 Å². The van der Waals surface area contributed by atoms with E-state index in [9.17, 15) is 0 Å². The second-order valence-corrected chi connectivity index (χ2v) is 5.37. The molecule has 1 aromatic carbocycles. The first-order chi connectivity index (χ1) is 9.81. The third-order valence-corrected chi connectivity index (χ3v) is 3.72. The summed E-state index contributed by atoms with van der Waals surface area (Å²) in [4.78, 5) is 0. The zero-order chi connectivity index (χ0) is 13.8. The quantitative estimate of drug-likeness (QED) is 0.928. The molecular weight excluding hydrogens is 250 g/mol. The highest BCUT2D eigenvalue weighted by molar-refractivity contribution is 5.30. The van der Waals surface area contributed by atoms with E-state index in [4.69, 9.17) is 4.74 Å². The molecule has 4 nitrogen and oxygen atoms in total. The Balaban J connectivity index is 1.58. The SMILES string of the molecule is CC1CC(NCc2ccn(-c3ccccc3)n2)CCO1. The van der Waals surface area contributed by atoms with E-state index in [0.29, 0.717) is 12.1 Å². The van der Waals surface area contributed by atoms with Crippen molar-refractivity contribution < 1.29 is 4.74 Å². The van der Waals surface area contributed by atoms with Crippen molar-refractivity contribution >= 4 is 0 Å². The summed E-state index contributed by atoms with van der Waals surface area (Å²) in [7, 11) is 0. The molecule has 20 heavy (non-hydrogen) atoms. The van der Waals surface area contributed by atoms with Crippen LogP contribution in [-0.4, -0.2) is 28.5 Å². The Bertz CT molecular complexity index is 538. The molecule has 0 saturated carbocycles. The van der Waals surface area contributed by atoms with Gasteiger partial charge in [0.2, 0.25) is 0 Å². The molecule has 2 atom stereocenters. The van der Waals surface area contributed by atoms with E-state index in [0.717, 1.165) is 37.4 Å². The van der Waals surface area contributed by atoms with Crippen LogP contribution in [0.3, 0.4) is 0 Å². The highest BCUT2D eigenvalue weighted by Gasteiger charge is 2.18. The molecule has 3 rings (SSSR count). The molecule has 2 aromatic rings. The van der Waals surface area contributed by atoms with Crippen LogP contribution < -0.4 is 5.32 Å². The second-order valence-electron chi connectivity index (χ2n) is 5.37. The molecule has 1 aliphatic heterocycles. The normalized spacial score (nSPS) is 22.9. The van der Waals surface area contributed by atoms with Crippen LogP contribution >= 0.6 is 0 Å². The molecule has 0 aliphatic carbocycles. The van der Waals surface area contributed by atoms with Gasteiger partial charge in [-0.15, -0.1) is 0 Å². The Kier molecular flexibility index (Phi) is 4.14. The van der Waals surface area contributed by atoms with E-state index in [1.807, 2.05) is 29.1 Å². The third-order valence-electron chi connectivity index (χ3n) is 3.72. The summed E-state index contributed by atoms with van der Waals surface area (Å²) in [6.07, 6.45) is 4.55. The molecule has 0 radical (unpaired) electrons. The maximum atomic E-state index is 5.56. The lowest BCUT2D eigenvalue weighted by Gasteiger charge is -2.27. The molecule has 2 unspecified atom stereocenters. The summed E-state index contributed by atoms with van der Waals surface area (Å²) in [5.74, 6) is 0. The fraction of sp³-hybridized carbons (Fsp3) is 0.438. The summed E-state index contributed by atoms with van der Waals surface area (Å²) in [5.41, 5.74) is 2.17. The Morgan fingerprint density at radius 2 is 2.15 bits per heavy atom. The van der Waals surface area contributed by atoms with Gasteiger partial charge in [0.1, 0.15) is 0 Å². The Morgan fingerprint density at radius 3 is 2.95 bits per heavy atom. The van der Waals surface area contributed by atoms with Gasteiger partial charge in [-0.05, 0) is 38.0 Å². The van der Waals surface area contributed by atoms with Crippen molar-refractivity contribution in [3.63, 3.8) is 0 Å². The minimum atomic E-state index is 0.364. The predicted molar refractivity (Wildman–Crippen MR) is 78.8 cm³/mol. The van der Waals surface area contributed by atoms with Gasteiger partial charge >= 0.3 is 0 Å². The average molecular weight is 271 g/mol. The summed E-state index contributed by atoms with van der Waals surface area (Å²) in [6.45, 7) is 3.81. The smallest absolute Gasteiger partial charge is 0.0766 e. The Labute approximate surface area is 119 Å². The lowest BCUT2D eigenvalue weighted by atomic mass is 10.0. The highest BCUT2D eigenvalue weighted by Crippen LogP contribution is 2.14. The average Bonchev–Trinajstić information content (AvgIpc) is 2.95. The minimum absolute atomic E-state index is 0.364. The van der Waals surface area contributed by atoms with E-state index < -0.39 is 0 Å². The van der Waals surface area contributed by atoms with Crippen LogP contribution in [0, 0.1) is 0 Å². The molecule has 0 spiro atoms. The maximum absolute atomic E-state index is 5.56. The molecule has 2 heterocycles. The molecule has 1 saturated heterocycles. The van der Waals surface area contributed by atoms with Gasteiger partial charge in [-0.25, -0.2) is 4.68 Å². The summed E-state index contributed by atoms with van der Waals surface area (Å²) >= 11 is 0. The fourth-order valence-electron chi connectivity index (χ4n) is 2.61. The van der Waals surface area contributed by atoms with Crippen molar-refractivity contribution in [3.8, 4) is 5.69 Å².